The predicted octanol–water partition coefficient (Wildman–Crippen LogP) is 4.62. The summed E-state index contributed by atoms with van der Waals surface area (Å²) >= 11 is 0. The Labute approximate surface area is 161 Å². The number of amides is 2. The van der Waals surface area contributed by atoms with Crippen LogP contribution in [-0.2, 0) is 7.05 Å². The van der Waals surface area contributed by atoms with E-state index < -0.39 is 6.04 Å². The van der Waals surface area contributed by atoms with Crippen molar-refractivity contribution >= 4 is 22.5 Å². The number of hydrogen-bond acceptors (Lipinski definition) is 2. The molecule has 3 aromatic carbocycles. The quantitative estimate of drug-likeness (QED) is 0.547. The molecule has 5 nitrogen and oxygen atoms in total. The van der Waals surface area contributed by atoms with E-state index in [0.717, 1.165) is 16.3 Å². The molecule has 0 spiro atoms. The van der Waals surface area contributed by atoms with Crippen molar-refractivity contribution in [1.29, 1.82) is 0 Å². The maximum absolute atomic E-state index is 13.3. The highest BCUT2D eigenvalue weighted by Crippen LogP contribution is 2.24. The molecule has 4 aromatic rings. The van der Waals surface area contributed by atoms with Gasteiger partial charge in [0.15, 0.2) is 0 Å². The van der Waals surface area contributed by atoms with Crippen LogP contribution in [-0.4, -0.2) is 15.6 Å². The summed E-state index contributed by atoms with van der Waals surface area (Å²) in [5.41, 5.74) is 1.46. The van der Waals surface area contributed by atoms with Crippen LogP contribution in [0.5, 0.6) is 0 Å². The van der Waals surface area contributed by atoms with E-state index in [4.69, 9.17) is 0 Å². The lowest BCUT2D eigenvalue weighted by Crippen LogP contribution is -2.34. The average molecular weight is 374 g/mol. The molecule has 0 aliphatic heterocycles. The second-order valence-electron chi connectivity index (χ2n) is 6.51. The van der Waals surface area contributed by atoms with Gasteiger partial charge in [0, 0.05) is 24.8 Å². The highest BCUT2D eigenvalue weighted by atomic mass is 19.1. The van der Waals surface area contributed by atoms with Crippen molar-refractivity contribution in [2.24, 2.45) is 7.05 Å². The number of imidazole rings is 1. The maximum atomic E-state index is 13.3. The van der Waals surface area contributed by atoms with Crippen LogP contribution in [0.15, 0.2) is 79.1 Å². The number of aryl methyl sites for hydroxylation is 1. The fourth-order valence-electron chi connectivity index (χ4n) is 3.23. The lowest BCUT2D eigenvalue weighted by atomic mass is 10.1. The summed E-state index contributed by atoms with van der Waals surface area (Å²) in [6.45, 7) is 0. The smallest absolute Gasteiger partial charge is 0.320 e. The largest absolute Gasteiger partial charge is 0.336 e. The van der Waals surface area contributed by atoms with Crippen LogP contribution >= 0.6 is 0 Å². The Morgan fingerprint density at radius 3 is 2.54 bits per heavy atom. The van der Waals surface area contributed by atoms with Gasteiger partial charge in [0.2, 0.25) is 0 Å². The zero-order valence-corrected chi connectivity index (χ0v) is 15.3. The number of hydrogen-bond donors (Lipinski definition) is 2. The molecule has 0 aliphatic carbocycles. The predicted molar refractivity (Wildman–Crippen MR) is 108 cm³/mol. The normalized spacial score (nSPS) is 11.9. The highest BCUT2D eigenvalue weighted by Gasteiger charge is 2.21. The topological polar surface area (TPSA) is 59.0 Å². The third-order valence-corrected chi connectivity index (χ3v) is 4.63. The molecule has 1 heterocycles. The second-order valence-corrected chi connectivity index (χ2v) is 6.51. The van der Waals surface area contributed by atoms with Crippen molar-refractivity contribution in [3.05, 3.63) is 96.3 Å². The fourth-order valence-corrected chi connectivity index (χ4v) is 3.23. The molecule has 140 valence electrons. The van der Waals surface area contributed by atoms with E-state index in [1.165, 1.54) is 12.1 Å². The van der Waals surface area contributed by atoms with Crippen molar-refractivity contribution in [1.82, 2.24) is 14.9 Å². The molecule has 1 atom stereocenters. The van der Waals surface area contributed by atoms with Gasteiger partial charge in [-0.15, -0.1) is 0 Å². The Kier molecular flexibility index (Phi) is 4.76. The molecule has 0 bridgehead atoms. The molecule has 0 saturated heterocycles. The Morgan fingerprint density at radius 2 is 1.79 bits per heavy atom. The number of nitrogens with zero attached hydrogens (tertiary/aromatic N) is 2. The molecular weight excluding hydrogens is 355 g/mol. The van der Waals surface area contributed by atoms with Crippen molar-refractivity contribution in [2.75, 3.05) is 5.32 Å². The van der Waals surface area contributed by atoms with Crippen molar-refractivity contribution in [2.45, 2.75) is 6.04 Å². The van der Waals surface area contributed by atoms with Crippen LogP contribution in [0.2, 0.25) is 0 Å². The summed E-state index contributed by atoms with van der Waals surface area (Å²) in [5.74, 6) is 0.322. The molecular formula is C22H19FN4O. The molecule has 2 amide bonds. The SMILES string of the molecule is Cn1ccnc1C(NC(=O)Nc1cccc2ccccc12)c1ccc(F)cc1. The zero-order chi connectivity index (χ0) is 19.5. The van der Waals surface area contributed by atoms with Gasteiger partial charge in [0.05, 0.1) is 5.69 Å². The zero-order valence-electron chi connectivity index (χ0n) is 15.3. The summed E-state index contributed by atoms with van der Waals surface area (Å²) < 4.78 is 15.2. The van der Waals surface area contributed by atoms with Gasteiger partial charge in [-0.2, -0.15) is 0 Å². The minimum absolute atomic E-state index is 0.331. The van der Waals surface area contributed by atoms with E-state index in [9.17, 15) is 9.18 Å². The van der Waals surface area contributed by atoms with Gasteiger partial charge in [0.25, 0.3) is 0 Å². The summed E-state index contributed by atoms with van der Waals surface area (Å²) in [6.07, 6.45) is 3.46. The Hall–Kier alpha value is -3.67. The van der Waals surface area contributed by atoms with Gasteiger partial charge < -0.3 is 15.2 Å². The van der Waals surface area contributed by atoms with Crippen LogP contribution in [0, 0.1) is 5.82 Å². The van der Waals surface area contributed by atoms with Gasteiger partial charge in [0.1, 0.15) is 17.7 Å². The molecule has 0 radical (unpaired) electrons. The first kappa shape index (κ1) is 17.7. The molecule has 28 heavy (non-hydrogen) atoms. The highest BCUT2D eigenvalue weighted by molar-refractivity contribution is 6.01. The minimum atomic E-state index is -0.518. The molecule has 0 aliphatic rings. The molecule has 1 unspecified atom stereocenters. The third kappa shape index (κ3) is 3.57. The standard InChI is InChI=1S/C22H19FN4O/c1-27-14-13-24-21(27)20(16-9-11-17(23)12-10-16)26-22(28)25-19-8-4-6-15-5-2-3-7-18(15)19/h2-14,20H,1H3,(H2,25,26,28). The number of halogens is 1. The number of nitrogens with one attached hydrogen (secondary N) is 2. The first-order chi connectivity index (χ1) is 13.6. The maximum Gasteiger partial charge on any atom is 0.320 e. The van der Waals surface area contributed by atoms with Crippen molar-refractivity contribution in [3.63, 3.8) is 0 Å². The number of aromatic nitrogens is 2. The second kappa shape index (κ2) is 7.52. The van der Waals surface area contributed by atoms with Gasteiger partial charge in [-0.1, -0.05) is 48.5 Å². The molecule has 0 saturated carbocycles. The van der Waals surface area contributed by atoms with Crippen molar-refractivity contribution < 1.29 is 9.18 Å². The van der Waals surface area contributed by atoms with Gasteiger partial charge >= 0.3 is 6.03 Å². The Balaban J connectivity index is 1.62. The van der Waals surface area contributed by atoms with Crippen LogP contribution in [0.25, 0.3) is 10.8 Å². The van der Waals surface area contributed by atoms with E-state index in [-0.39, 0.29) is 11.8 Å². The van der Waals surface area contributed by atoms with E-state index in [0.29, 0.717) is 11.5 Å². The van der Waals surface area contributed by atoms with Crippen LogP contribution in [0.1, 0.15) is 17.4 Å². The Bertz CT molecular complexity index is 1120. The fraction of sp³-hybridized carbons (Fsp3) is 0.0909. The number of carbonyl (C=O) groups is 1. The molecule has 1 aromatic heterocycles. The lowest BCUT2D eigenvalue weighted by Gasteiger charge is -2.20. The van der Waals surface area contributed by atoms with Crippen LogP contribution in [0.4, 0.5) is 14.9 Å². The third-order valence-electron chi connectivity index (χ3n) is 4.63. The number of carbonyl (C=O) groups excluding carboxylic acids is 1. The van der Waals surface area contributed by atoms with E-state index in [2.05, 4.69) is 15.6 Å². The van der Waals surface area contributed by atoms with E-state index >= 15 is 0 Å². The lowest BCUT2D eigenvalue weighted by molar-refractivity contribution is 0.249. The molecule has 4 rings (SSSR count). The van der Waals surface area contributed by atoms with Crippen LogP contribution in [0.3, 0.4) is 0 Å². The average Bonchev–Trinajstić information content (AvgIpc) is 3.13. The van der Waals surface area contributed by atoms with E-state index in [1.54, 1.807) is 24.5 Å². The number of benzene rings is 3. The van der Waals surface area contributed by atoms with Gasteiger partial charge in [-0.3, -0.25) is 0 Å². The van der Waals surface area contributed by atoms with Crippen molar-refractivity contribution in [3.8, 4) is 0 Å². The first-order valence-electron chi connectivity index (χ1n) is 8.90. The summed E-state index contributed by atoms with van der Waals surface area (Å²) in [6, 6.07) is 18.7. The number of rotatable bonds is 4. The molecule has 6 heteroatoms. The molecule has 0 fully saturated rings. The van der Waals surface area contributed by atoms with Crippen LogP contribution < -0.4 is 10.6 Å². The number of anilines is 1. The number of fused-ring (bicyclic) bond motifs is 1. The van der Waals surface area contributed by atoms with Gasteiger partial charge in [-0.05, 0) is 29.1 Å². The first-order valence-corrected chi connectivity index (χ1v) is 8.90. The summed E-state index contributed by atoms with van der Waals surface area (Å²) in [7, 11) is 1.85. The summed E-state index contributed by atoms with van der Waals surface area (Å²) in [4.78, 5) is 17.1. The Morgan fingerprint density at radius 1 is 1.04 bits per heavy atom. The summed E-state index contributed by atoms with van der Waals surface area (Å²) in [5, 5.41) is 7.87. The van der Waals surface area contributed by atoms with Gasteiger partial charge in [-0.25, -0.2) is 14.2 Å². The van der Waals surface area contributed by atoms with E-state index in [1.807, 2.05) is 54.1 Å². The number of urea groups is 1. The molecule has 2 N–H and O–H groups in total. The monoisotopic (exact) mass is 374 g/mol. The minimum Gasteiger partial charge on any atom is -0.336 e.